The van der Waals surface area contributed by atoms with Crippen molar-refractivity contribution in [2.75, 3.05) is 17.2 Å². The van der Waals surface area contributed by atoms with Crippen molar-refractivity contribution >= 4 is 34.4 Å². The van der Waals surface area contributed by atoms with E-state index in [9.17, 15) is 14.7 Å². The summed E-state index contributed by atoms with van der Waals surface area (Å²) >= 11 is 0. The first kappa shape index (κ1) is 26.0. The van der Waals surface area contributed by atoms with Gasteiger partial charge in [0.05, 0.1) is 22.5 Å². The number of aromatic nitrogens is 2. The number of ketones is 2. The maximum absolute atomic E-state index is 14.3. The van der Waals surface area contributed by atoms with E-state index in [2.05, 4.69) is 15.6 Å². The minimum absolute atomic E-state index is 0.0300. The molecule has 0 aliphatic heterocycles. The standard InChI is InChI=1S/C32H30N4O3/c1-2-21(12-11-19-37)24-20-26(38)27-28(31(24)39)30(34-22-13-5-3-6-14-22)32(35-23-15-7-4-8-16-23)36-29(27)25-17-9-10-18-33-25/h3-10,13-18,20-21,34,37H,2,11-12,19H2,1H3,(H,35,36). The minimum atomic E-state index is -0.280. The number of carbonyl (C=O) groups excluding carboxylic acids is 2. The molecule has 0 spiro atoms. The Morgan fingerprint density at radius 2 is 1.51 bits per heavy atom. The van der Waals surface area contributed by atoms with E-state index in [-0.39, 0.29) is 35.2 Å². The summed E-state index contributed by atoms with van der Waals surface area (Å²) < 4.78 is 0. The van der Waals surface area contributed by atoms with Gasteiger partial charge in [0.25, 0.3) is 0 Å². The number of para-hydroxylation sites is 2. The molecular formula is C32H30N4O3. The number of pyridine rings is 2. The largest absolute Gasteiger partial charge is 0.396 e. The van der Waals surface area contributed by atoms with Gasteiger partial charge in [-0.2, -0.15) is 0 Å². The predicted octanol–water partition coefficient (Wildman–Crippen LogP) is 6.73. The third-order valence-corrected chi connectivity index (χ3v) is 6.85. The number of nitrogens with zero attached hydrogens (tertiary/aromatic N) is 2. The molecule has 1 aliphatic carbocycles. The molecule has 7 nitrogen and oxygen atoms in total. The molecule has 196 valence electrons. The number of anilines is 4. The molecular weight excluding hydrogens is 488 g/mol. The average Bonchev–Trinajstić information content (AvgIpc) is 2.98. The second-order valence-electron chi connectivity index (χ2n) is 9.40. The molecule has 0 saturated heterocycles. The van der Waals surface area contributed by atoms with E-state index in [4.69, 9.17) is 4.98 Å². The summed E-state index contributed by atoms with van der Waals surface area (Å²) in [6.07, 6.45) is 4.94. The Morgan fingerprint density at radius 3 is 2.13 bits per heavy atom. The van der Waals surface area contributed by atoms with E-state index in [1.807, 2.05) is 73.7 Å². The van der Waals surface area contributed by atoms with Gasteiger partial charge in [-0.25, -0.2) is 4.98 Å². The molecule has 39 heavy (non-hydrogen) atoms. The SMILES string of the molecule is CCC(CCCO)C1=CC(=O)c2c(-c3ccccn3)nc(Nc3ccccc3)c(Nc3ccccc3)c2C1=O. The van der Waals surface area contributed by atoms with Crippen molar-refractivity contribution < 1.29 is 14.7 Å². The Morgan fingerprint density at radius 1 is 0.846 bits per heavy atom. The molecule has 7 heteroatoms. The molecule has 0 bridgehead atoms. The highest BCUT2D eigenvalue weighted by molar-refractivity contribution is 6.29. The smallest absolute Gasteiger partial charge is 0.192 e. The average molecular weight is 519 g/mol. The zero-order valence-electron chi connectivity index (χ0n) is 21.7. The molecule has 1 aliphatic rings. The van der Waals surface area contributed by atoms with Gasteiger partial charge in [-0.3, -0.25) is 14.6 Å². The number of hydrogen-bond acceptors (Lipinski definition) is 7. The van der Waals surface area contributed by atoms with E-state index >= 15 is 0 Å². The van der Waals surface area contributed by atoms with Crippen molar-refractivity contribution in [2.24, 2.45) is 5.92 Å². The maximum atomic E-state index is 14.3. The topological polar surface area (TPSA) is 104 Å². The number of fused-ring (bicyclic) bond motifs is 1. The third-order valence-electron chi connectivity index (χ3n) is 6.85. The number of allylic oxidation sites excluding steroid dienone is 2. The van der Waals surface area contributed by atoms with Gasteiger partial charge >= 0.3 is 0 Å². The van der Waals surface area contributed by atoms with Crippen LogP contribution in [0.3, 0.4) is 0 Å². The predicted molar refractivity (Wildman–Crippen MR) is 154 cm³/mol. The number of carbonyl (C=O) groups is 2. The lowest BCUT2D eigenvalue weighted by atomic mass is 9.79. The summed E-state index contributed by atoms with van der Waals surface area (Å²) in [6, 6.07) is 24.5. The van der Waals surface area contributed by atoms with Crippen LogP contribution in [0.25, 0.3) is 11.4 Å². The van der Waals surface area contributed by atoms with Crippen molar-refractivity contribution in [2.45, 2.75) is 26.2 Å². The quantitative estimate of drug-likeness (QED) is 0.214. The van der Waals surface area contributed by atoms with Crippen molar-refractivity contribution in [1.29, 1.82) is 0 Å². The normalized spacial score (nSPS) is 13.4. The van der Waals surface area contributed by atoms with Crippen LogP contribution in [0.15, 0.2) is 96.7 Å². The van der Waals surface area contributed by atoms with Crippen molar-refractivity contribution in [3.8, 4) is 11.4 Å². The highest BCUT2D eigenvalue weighted by Gasteiger charge is 2.36. The molecule has 2 aromatic carbocycles. The minimum Gasteiger partial charge on any atom is -0.396 e. The lowest BCUT2D eigenvalue weighted by Crippen LogP contribution is -2.25. The van der Waals surface area contributed by atoms with E-state index in [1.54, 1.807) is 18.3 Å². The first-order valence-electron chi connectivity index (χ1n) is 13.2. The number of Topliss-reactive ketones (excluding diaryl/α,β-unsaturated/α-hetero) is 1. The fourth-order valence-electron chi connectivity index (χ4n) is 4.92. The van der Waals surface area contributed by atoms with E-state index in [0.717, 1.165) is 11.4 Å². The van der Waals surface area contributed by atoms with Crippen LogP contribution in [0, 0.1) is 5.92 Å². The fourth-order valence-corrected chi connectivity index (χ4v) is 4.92. The number of hydrogen-bond donors (Lipinski definition) is 3. The van der Waals surface area contributed by atoms with Gasteiger partial charge in [0.1, 0.15) is 5.69 Å². The number of benzene rings is 2. The van der Waals surface area contributed by atoms with Gasteiger partial charge in [0.15, 0.2) is 17.4 Å². The number of rotatable bonds is 10. The molecule has 2 aromatic heterocycles. The molecule has 1 unspecified atom stereocenters. The summed E-state index contributed by atoms with van der Waals surface area (Å²) in [5.41, 5.74) is 3.79. The molecule has 0 radical (unpaired) electrons. The van der Waals surface area contributed by atoms with Gasteiger partial charge in [0, 0.05) is 29.8 Å². The number of nitrogens with one attached hydrogen (secondary N) is 2. The fraction of sp³-hybridized carbons (Fsp3) is 0.188. The zero-order chi connectivity index (χ0) is 27.2. The summed E-state index contributed by atoms with van der Waals surface area (Å²) in [6.45, 7) is 2.02. The molecule has 4 aromatic rings. The Hall–Kier alpha value is -4.62. The number of aliphatic hydroxyl groups excluding tert-OH is 1. The molecule has 0 amide bonds. The molecule has 3 N–H and O–H groups in total. The molecule has 0 fully saturated rings. The first-order valence-corrected chi connectivity index (χ1v) is 13.2. The molecule has 1 atom stereocenters. The highest BCUT2D eigenvalue weighted by Crippen LogP contribution is 2.42. The van der Waals surface area contributed by atoms with E-state index in [1.165, 1.54) is 6.08 Å². The van der Waals surface area contributed by atoms with Crippen LogP contribution in [-0.2, 0) is 0 Å². The van der Waals surface area contributed by atoms with Gasteiger partial charge < -0.3 is 15.7 Å². The summed E-state index contributed by atoms with van der Waals surface area (Å²) in [4.78, 5) is 37.5. The zero-order valence-corrected chi connectivity index (χ0v) is 21.7. The summed E-state index contributed by atoms with van der Waals surface area (Å²) in [5, 5.41) is 16.2. The van der Waals surface area contributed by atoms with Crippen LogP contribution in [0.4, 0.5) is 22.9 Å². The highest BCUT2D eigenvalue weighted by atomic mass is 16.3. The first-order chi connectivity index (χ1) is 19.1. The summed E-state index contributed by atoms with van der Waals surface area (Å²) in [7, 11) is 0. The van der Waals surface area contributed by atoms with Crippen LogP contribution in [0.1, 0.15) is 46.9 Å². The lowest BCUT2D eigenvalue weighted by molar-refractivity contribution is 0.0973. The second-order valence-corrected chi connectivity index (χ2v) is 9.40. The molecule has 2 heterocycles. The van der Waals surface area contributed by atoms with Crippen LogP contribution in [0.5, 0.6) is 0 Å². The second kappa shape index (κ2) is 11.8. The van der Waals surface area contributed by atoms with Gasteiger partial charge in [-0.1, -0.05) is 49.4 Å². The lowest BCUT2D eigenvalue weighted by Gasteiger charge is -2.27. The molecule has 0 saturated carbocycles. The van der Waals surface area contributed by atoms with Gasteiger partial charge in [0.2, 0.25) is 0 Å². The Kier molecular flexibility index (Phi) is 7.89. The van der Waals surface area contributed by atoms with Crippen LogP contribution < -0.4 is 10.6 Å². The Balaban J connectivity index is 1.76. The van der Waals surface area contributed by atoms with Crippen LogP contribution >= 0.6 is 0 Å². The Bertz CT molecular complexity index is 1500. The van der Waals surface area contributed by atoms with Gasteiger partial charge in [-0.15, -0.1) is 0 Å². The molecule has 5 rings (SSSR count). The van der Waals surface area contributed by atoms with Crippen LogP contribution in [-0.4, -0.2) is 33.2 Å². The Labute approximate surface area is 227 Å². The summed E-state index contributed by atoms with van der Waals surface area (Å²) in [5.74, 6) is -0.236. The van der Waals surface area contributed by atoms with Crippen molar-refractivity contribution in [1.82, 2.24) is 9.97 Å². The van der Waals surface area contributed by atoms with Crippen molar-refractivity contribution in [3.63, 3.8) is 0 Å². The van der Waals surface area contributed by atoms with Gasteiger partial charge in [-0.05, 0) is 67.7 Å². The number of aliphatic hydroxyl groups is 1. The van der Waals surface area contributed by atoms with Crippen LogP contribution in [0.2, 0.25) is 0 Å². The monoisotopic (exact) mass is 518 g/mol. The third kappa shape index (κ3) is 5.49. The van der Waals surface area contributed by atoms with Crippen molar-refractivity contribution in [3.05, 3.63) is 108 Å². The van der Waals surface area contributed by atoms with E-state index in [0.29, 0.717) is 47.7 Å². The maximum Gasteiger partial charge on any atom is 0.192 e. The van der Waals surface area contributed by atoms with E-state index < -0.39 is 0 Å².